The first-order chi connectivity index (χ1) is 9.08. The van der Waals surface area contributed by atoms with Crippen molar-refractivity contribution in [1.29, 1.82) is 0 Å². The first kappa shape index (κ1) is 13.4. The van der Waals surface area contributed by atoms with Crippen LogP contribution in [-0.4, -0.2) is 40.7 Å². The van der Waals surface area contributed by atoms with Crippen LogP contribution in [0, 0.1) is 0 Å². The molecule has 19 heavy (non-hydrogen) atoms. The average Bonchev–Trinajstić information content (AvgIpc) is 2.79. The van der Waals surface area contributed by atoms with E-state index in [0.717, 1.165) is 5.56 Å². The number of hydrogen-bond donors (Lipinski definition) is 2. The highest BCUT2D eigenvalue weighted by Crippen LogP contribution is 2.18. The molecule has 0 radical (unpaired) electrons. The highest BCUT2D eigenvalue weighted by Gasteiger charge is 2.39. The Labute approximate surface area is 110 Å². The van der Waals surface area contributed by atoms with Crippen molar-refractivity contribution < 1.29 is 19.4 Å². The molecule has 0 unspecified atom stereocenters. The Morgan fingerprint density at radius 1 is 1.37 bits per heavy atom. The van der Waals surface area contributed by atoms with Gasteiger partial charge in [0.1, 0.15) is 12.6 Å². The fourth-order valence-electron chi connectivity index (χ4n) is 2.11. The lowest BCUT2D eigenvalue weighted by Crippen LogP contribution is -2.41. The van der Waals surface area contributed by atoms with Crippen molar-refractivity contribution in [2.75, 3.05) is 6.54 Å². The van der Waals surface area contributed by atoms with Gasteiger partial charge in [0.25, 0.3) is 0 Å². The Kier molecular flexibility index (Phi) is 4.01. The van der Waals surface area contributed by atoms with Gasteiger partial charge in [0.2, 0.25) is 0 Å². The molecule has 1 saturated heterocycles. The Morgan fingerprint density at radius 2 is 2.05 bits per heavy atom. The van der Waals surface area contributed by atoms with E-state index in [1.54, 1.807) is 0 Å². The summed E-state index contributed by atoms with van der Waals surface area (Å²) in [7, 11) is 0. The van der Waals surface area contributed by atoms with Crippen molar-refractivity contribution in [3.63, 3.8) is 0 Å². The van der Waals surface area contributed by atoms with Gasteiger partial charge in [-0.15, -0.1) is 0 Å². The number of hydrogen-bond acceptors (Lipinski definition) is 4. The lowest BCUT2D eigenvalue weighted by Gasteiger charge is -2.20. The molecule has 1 fully saturated rings. The van der Waals surface area contributed by atoms with E-state index < -0.39 is 18.1 Å². The van der Waals surface area contributed by atoms with Crippen LogP contribution in [0.1, 0.15) is 12.0 Å². The fraction of sp³-hybridized carbons (Fsp3) is 0.385. The number of carboxylic acid groups (broad SMARTS) is 1. The number of aliphatic carboxylic acids is 1. The van der Waals surface area contributed by atoms with E-state index in [1.165, 1.54) is 4.90 Å². The molecule has 2 rings (SSSR count). The van der Waals surface area contributed by atoms with Crippen LogP contribution in [0.5, 0.6) is 0 Å². The normalized spacial score (nSPS) is 22.3. The molecule has 3 N–H and O–H groups in total. The topological polar surface area (TPSA) is 92.9 Å². The Bertz CT molecular complexity index is 463. The van der Waals surface area contributed by atoms with Crippen LogP contribution < -0.4 is 5.73 Å². The highest BCUT2D eigenvalue weighted by atomic mass is 16.6. The molecule has 0 aromatic heterocycles. The molecule has 6 nitrogen and oxygen atoms in total. The summed E-state index contributed by atoms with van der Waals surface area (Å²) in [4.78, 5) is 24.1. The predicted octanol–water partition coefficient (Wildman–Crippen LogP) is 0.809. The molecule has 0 saturated carbocycles. The van der Waals surface area contributed by atoms with Crippen molar-refractivity contribution in [2.45, 2.75) is 25.1 Å². The molecule has 2 atom stereocenters. The number of benzene rings is 1. The van der Waals surface area contributed by atoms with Crippen LogP contribution in [0.25, 0.3) is 0 Å². The zero-order valence-corrected chi connectivity index (χ0v) is 10.4. The van der Waals surface area contributed by atoms with Crippen molar-refractivity contribution in [3.05, 3.63) is 35.9 Å². The molecule has 0 aliphatic carbocycles. The van der Waals surface area contributed by atoms with Crippen molar-refractivity contribution in [1.82, 2.24) is 4.90 Å². The number of carbonyl (C=O) groups is 2. The van der Waals surface area contributed by atoms with E-state index in [2.05, 4.69) is 0 Å². The zero-order chi connectivity index (χ0) is 13.8. The minimum atomic E-state index is -1.05. The number of likely N-dealkylation sites (tertiary alicyclic amines) is 1. The monoisotopic (exact) mass is 264 g/mol. The number of carboxylic acids is 1. The van der Waals surface area contributed by atoms with Crippen LogP contribution >= 0.6 is 0 Å². The third-order valence-corrected chi connectivity index (χ3v) is 3.06. The van der Waals surface area contributed by atoms with E-state index in [1.807, 2.05) is 30.3 Å². The summed E-state index contributed by atoms with van der Waals surface area (Å²) in [6.45, 7) is 0.336. The minimum absolute atomic E-state index is 0.123. The summed E-state index contributed by atoms with van der Waals surface area (Å²) in [6.07, 6.45) is -0.375. The summed E-state index contributed by atoms with van der Waals surface area (Å²) >= 11 is 0. The van der Waals surface area contributed by atoms with Gasteiger partial charge in [-0.25, -0.2) is 9.59 Å². The molecule has 102 valence electrons. The Balaban J connectivity index is 1.94. The summed E-state index contributed by atoms with van der Waals surface area (Å²) in [5, 5.41) is 9.03. The molecule has 1 heterocycles. The van der Waals surface area contributed by atoms with Crippen LogP contribution in [0.3, 0.4) is 0 Å². The average molecular weight is 264 g/mol. The second-order valence-corrected chi connectivity index (χ2v) is 4.54. The van der Waals surface area contributed by atoms with E-state index in [9.17, 15) is 9.59 Å². The van der Waals surface area contributed by atoms with Gasteiger partial charge in [-0.05, 0) is 12.0 Å². The molecule has 1 aliphatic heterocycles. The standard InChI is InChI=1S/C13H16N2O4/c14-10-6-11(12(16)17)15(7-10)13(18)19-8-9-4-2-1-3-5-9/h1-5,10-11H,6-8,14H2,(H,16,17)/t10-,11-/m1/s1. The maximum atomic E-state index is 11.9. The van der Waals surface area contributed by atoms with Gasteiger partial charge in [-0.2, -0.15) is 0 Å². The third kappa shape index (κ3) is 3.23. The lowest BCUT2D eigenvalue weighted by atomic mass is 10.2. The van der Waals surface area contributed by atoms with E-state index in [4.69, 9.17) is 15.6 Å². The summed E-state index contributed by atoms with van der Waals surface area (Å²) in [6, 6.07) is 8.01. The van der Waals surface area contributed by atoms with Gasteiger partial charge in [0.05, 0.1) is 0 Å². The Morgan fingerprint density at radius 3 is 2.68 bits per heavy atom. The van der Waals surface area contributed by atoms with Gasteiger partial charge < -0.3 is 15.6 Å². The number of carbonyl (C=O) groups excluding carboxylic acids is 1. The molecule has 1 aromatic carbocycles. The number of rotatable bonds is 3. The van der Waals surface area contributed by atoms with E-state index in [0.29, 0.717) is 0 Å². The number of nitrogens with two attached hydrogens (primary N) is 1. The summed E-state index contributed by atoms with van der Waals surface area (Å²) < 4.78 is 5.11. The van der Waals surface area contributed by atoms with Crippen molar-refractivity contribution in [2.24, 2.45) is 5.73 Å². The van der Waals surface area contributed by atoms with Gasteiger partial charge in [-0.3, -0.25) is 4.90 Å². The first-order valence-corrected chi connectivity index (χ1v) is 6.03. The smallest absolute Gasteiger partial charge is 0.410 e. The second-order valence-electron chi connectivity index (χ2n) is 4.54. The largest absolute Gasteiger partial charge is 0.480 e. The second kappa shape index (κ2) is 5.71. The first-order valence-electron chi connectivity index (χ1n) is 6.03. The van der Waals surface area contributed by atoms with Crippen LogP contribution in [-0.2, 0) is 16.1 Å². The Hall–Kier alpha value is -2.08. The molecule has 0 spiro atoms. The number of ether oxygens (including phenoxy) is 1. The molecule has 0 bridgehead atoms. The molecular weight excluding hydrogens is 248 g/mol. The number of amides is 1. The summed E-state index contributed by atoms with van der Waals surface area (Å²) in [5.41, 5.74) is 6.54. The molecule has 1 aromatic rings. The molecule has 1 amide bonds. The predicted molar refractivity (Wildman–Crippen MR) is 67.3 cm³/mol. The molecule has 6 heteroatoms. The molecule has 1 aliphatic rings. The zero-order valence-electron chi connectivity index (χ0n) is 10.4. The van der Waals surface area contributed by atoms with Gasteiger partial charge in [0, 0.05) is 12.6 Å². The quantitative estimate of drug-likeness (QED) is 0.842. The maximum Gasteiger partial charge on any atom is 0.410 e. The SMILES string of the molecule is N[C@@H]1C[C@H](C(=O)O)N(C(=O)OCc2ccccc2)C1. The third-order valence-electron chi connectivity index (χ3n) is 3.06. The van der Waals surface area contributed by atoms with Gasteiger partial charge >= 0.3 is 12.1 Å². The van der Waals surface area contributed by atoms with Crippen LogP contribution in [0.15, 0.2) is 30.3 Å². The van der Waals surface area contributed by atoms with Gasteiger partial charge in [-0.1, -0.05) is 30.3 Å². The fourth-order valence-corrected chi connectivity index (χ4v) is 2.11. The minimum Gasteiger partial charge on any atom is -0.480 e. The van der Waals surface area contributed by atoms with Gasteiger partial charge in [0.15, 0.2) is 0 Å². The van der Waals surface area contributed by atoms with Crippen LogP contribution in [0.2, 0.25) is 0 Å². The summed E-state index contributed by atoms with van der Waals surface area (Å²) in [5.74, 6) is -1.05. The van der Waals surface area contributed by atoms with E-state index in [-0.39, 0.29) is 25.6 Å². The maximum absolute atomic E-state index is 11.9. The van der Waals surface area contributed by atoms with Crippen LogP contribution in [0.4, 0.5) is 4.79 Å². The van der Waals surface area contributed by atoms with Crippen molar-refractivity contribution in [3.8, 4) is 0 Å². The number of nitrogens with zero attached hydrogens (tertiary/aromatic N) is 1. The lowest BCUT2D eigenvalue weighted by molar-refractivity contribution is -0.141. The van der Waals surface area contributed by atoms with Crippen molar-refractivity contribution >= 4 is 12.1 Å². The highest BCUT2D eigenvalue weighted by molar-refractivity contribution is 5.81. The molecular formula is C13H16N2O4. The van der Waals surface area contributed by atoms with E-state index >= 15 is 0 Å².